The Hall–Kier alpha value is -2.91. The highest BCUT2D eigenvalue weighted by Gasteiger charge is 2.22. The fourth-order valence-electron chi connectivity index (χ4n) is 3.58. The van der Waals surface area contributed by atoms with Gasteiger partial charge in [0, 0.05) is 25.2 Å². The van der Waals surface area contributed by atoms with Gasteiger partial charge in [0.1, 0.15) is 6.54 Å². The molecule has 1 fully saturated rings. The normalized spacial score (nSPS) is 14.1. The Kier molecular flexibility index (Phi) is 8.46. The highest BCUT2D eigenvalue weighted by Crippen LogP contribution is 2.19. The molecule has 0 unspecified atom stereocenters. The molecule has 0 aliphatic carbocycles. The van der Waals surface area contributed by atoms with Crippen LogP contribution in [0.25, 0.3) is 0 Å². The lowest BCUT2D eigenvalue weighted by Gasteiger charge is -2.27. The quantitative estimate of drug-likeness (QED) is 0.562. The molecule has 1 N–H and O–H groups in total. The largest absolute Gasteiger partial charge is 0.378 e. The van der Waals surface area contributed by atoms with Crippen molar-refractivity contribution in [2.75, 3.05) is 50.0 Å². The zero-order chi connectivity index (χ0) is 23.8. The van der Waals surface area contributed by atoms with Crippen LogP contribution in [0.1, 0.15) is 27.9 Å². The number of sulfonamides is 1. The number of benzene rings is 2. The zero-order valence-electron chi connectivity index (χ0n) is 19.1. The molecule has 178 valence electrons. The molecule has 1 aliphatic heterocycles. The number of nitrogens with zero attached hydrogens (tertiary/aromatic N) is 2. The molecule has 2 aromatic rings. The molecule has 0 atom stereocenters. The topological polar surface area (TPSA) is 96.0 Å². The van der Waals surface area contributed by atoms with Gasteiger partial charge in [0.15, 0.2) is 0 Å². The molecule has 1 aliphatic rings. The Labute approximate surface area is 195 Å². The van der Waals surface area contributed by atoms with Crippen LogP contribution in [0.5, 0.6) is 0 Å². The first-order valence-electron chi connectivity index (χ1n) is 11.0. The fraction of sp³-hybridized carbons (Fsp3) is 0.417. The fourth-order valence-corrected chi connectivity index (χ4v) is 4.44. The summed E-state index contributed by atoms with van der Waals surface area (Å²) in [5.74, 6) is -0.500. The maximum absolute atomic E-state index is 12.6. The van der Waals surface area contributed by atoms with Crippen molar-refractivity contribution >= 4 is 27.5 Å². The molecule has 0 spiro atoms. The molecule has 3 rings (SSSR count). The van der Waals surface area contributed by atoms with Crippen LogP contribution >= 0.6 is 0 Å². The highest BCUT2D eigenvalue weighted by atomic mass is 32.2. The summed E-state index contributed by atoms with van der Waals surface area (Å²) >= 11 is 0. The summed E-state index contributed by atoms with van der Waals surface area (Å²) in [6, 6.07) is 14.5. The number of amides is 2. The monoisotopic (exact) mass is 473 g/mol. The van der Waals surface area contributed by atoms with Crippen molar-refractivity contribution in [3.8, 4) is 0 Å². The van der Waals surface area contributed by atoms with Crippen molar-refractivity contribution in [2.45, 2.75) is 19.8 Å². The van der Waals surface area contributed by atoms with Gasteiger partial charge in [-0.2, -0.15) is 0 Å². The number of hydrogen-bond donors (Lipinski definition) is 1. The van der Waals surface area contributed by atoms with Gasteiger partial charge >= 0.3 is 0 Å². The summed E-state index contributed by atoms with van der Waals surface area (Å²) in [6.07, 6.45) is 2.64. The van der Waals surface area contributed by atoms with Crippen LogP contribution in [0, 0.1) is 6.92 Å². The minimum absolute atomic E-state index is 0.123. The summed E-state index contributed by atoms with van der Waals surface area (Å²) in [5, 5.41) is 2.79. The molecule has 8 nitrogen and oxygen atoms in total. The van der Waals surface area contributed by atoms with Crippen LogP contribution in [-0.2, 0) is 26.0 Å². The second-order valence-corrected chi connectivity index (χ2v) is 10.1. The zero-order valence-corrected chi connectivity index (χ0v) is 19.9. The minimum Gasteiger partial charge on any atom is -0.378 e. The molecule has 33 heavy (non-hydrogen) atoms. The second-order valence-electron chi connectivity index (χ2n) is 8.16. The number of ether oxygens (including phenoxy) is 1. The Bertz CT molecular complexity index is 1050. The van der Waals surface area contributed by atoms with Gasteiger partial charge in [0.2, 0.25) is 15.9 Å². The smallest absolute Gasteiger partial charge is 0.254 e. The summed E-state index contributed by atoms with van der Waals surface area (Å²) in [7, 11) is -3.68. The maximum Gasteiger partial charge on any atom is 0.254 e. The Balaban J connectivity index is 1.56. The van der Waals surface area contributed by atoms with Crippen LogP contribution in [0.2, 0.25) is 0 Å². The number of aryl methyl sites for hydroxylation is 2. The lowest BCUT2D eigenvalue weighted by atomic mass is 10.1. The van der Waals surface area contributed by atoms with Crippen LogP contribution in [0.15, 0.2) is 48.5 Å². The molecule has 2 aromatic carbocycles. The predicted octanol–water partition coefficient (Wildman–Crippen LogP) is 1.98. The van der Waals surface area contributed by atoms with Gasteiger partial charge in [0.05, 0.1) is 25.2 Å². The van der Waals surface area contributed by atoms with Gasteiger partial charge in [-0.3, -0.25) is 13.9 Å². The van der Waals surface area contributed by atoms with E-state index in [1.54, 1.807) is 29.2 Å². The van der Waals surface area contributed by atoms with E-state index in [9.17, 15) is 18.0 Å². The average Bonchev–Trinajstić information content (AvgIpc) is 2.81. The van der Waals surface area contributed by atoms with Gasteiger partial charge in [-0.1, -0.05) is 29.8 Å². The van der Waals surface area contributed by atoms with E-state index in [0.717, 1.165) is 23.4 Å². The average molecular weight is 474 g/mol. The van der Waals surface area contributed by atoms with Crippen molar-refractivity contribution in [3.63, 3.8) is 0 Å². The summed E-state index contributed by atoms with van der Waals surface area (Å²) < 4.78 is 31.0. The molecular formula is C24H31N3O5S. The van der Waals surface area contributed by atoms with Crippen LogP contribution in [-0.4, -0.2) is 70.8 Å². The van der Waals surface area contributed by atoms with E-state index in [1.165, 1.54) is 11.1 Å². The van der Waals surface area contributed by atoms with Gasteiger partial charge < -0.3 is 15.0 Å². The summed E-state index contributed by atoms with van der Waals surface area (Å²) in [4.78, 5) is 26.7. The number of carbonyl (C=O) groups excluding carboxylic acids is 2. The van der Waals surface area contributed by atoms with Gasteiger partial charge in [0.25, 0.3) is 5.91 Å². The van der Waals surface area contributed by atoms with Gasteiger partial charge in [-0.05, 0) is 49.6 Å². The Morgan fingerprint density at radius 2 is 1.67 bits per heavy atom. The third kappa shape index (κ3) is 7.30. The van der Waals surface area contributed by atoms with E-state index < -0.39 is 10.0 Å². The molecule has 9 heteroatoms. The molecule has 0 aromatic heterocycles. The van der Waals surface area contributed by atoms with Crippen molar-refractivity contribution in [3.05, 3.63) is 65.2 Å². The number of nitrogens with one attached hydrogen (secondary N) is 1. The van der Waals surface area contributed by atoms with Crippen molar-refractivity contribution < 1.29 is 22.7 Å². The van der Waals surface area contributed by atoms with E-state index in [-0.39, 0.29) is 18.4 Å². The molecule has 1 saturated heterocycles. The standard InChI is InChI=1S/C24H31N3O5S/c1-19-5-7-20(8-6-19)4-3-13-25-23(28)18-27(33(2,30)31)22-11-9-21(10-12-22)24(29)26-14-16-32-17-15-26/h5-12H,3-4,13-18H2,1-2H3,(H,25,28). The minimum atomic E-state index is -3.68. The van der Waals surface area contributed by atoms with E-state index in [1.807, 2.05) is 6.92 Å². The number of morpholine rings is 1. The van der Waals surface area contributed by atoms with Gasteiger partial charge in [-0.25, -0.2) is 8.42 Å². The Morgan fingerprint density at radius 3 is 2.27 bits per heavy atom. The molecule has 0 radical (unpaired) electrons. The maximum atomic E-state index is 12.6. The van der Waals surface area contributed by atoms with Crippen molar-refractivity contribution in [1.82, 2.24) is 10.2 Å². The second kappa shape index (κ2) is 11.3. The van der Waals surface area contributed by atoms with Crippen molar-refractivity contribution in [2.24, 2.45) is 0 Å². The lowest BCUT2D eigenvalue weighted by molar-refractivity contribution is -0.119. The SMILES string of the molecule is Cc1ccc(CCCNC(=O)CN(c2ccc(C(=O)N3CCOCC3)cc2)S(C)(=O)=O)cc1. The third-order valence-corrected chi connectivity index (χ3v) is 6.61. The number of anilines is 1. The predicted molar refractivity (Wildman–Crippen MR) is 128 cm³/mol. The third-order valence-electron chi connectivity index (χ3n) is 5.47. The number of rotatable bonds is 9. The summed E-state index contributed by atoms with van der Waals surface area (Å²) in [6.45, 7) is 4.24. The Morgan fingerprint density at radius 1 is 1.03 bits per heavy atom. The lowest BCUT2D eigenvalue weighted by Crippen LogP contribution is -2.41. The molecule has 1 heterocycles. The van der Waals surface area contributed by atoms with E-state index in [4.69, 9.17) is 4.74 Å². The number of carbonyl (C=O) groups is 2. The van der Waals surface area contributed by atoms with E-state index >= 15 is 0 Å². The molecule has 0 bridgehead atoms. The van der Waals surface area contributed by atoms with Crippen LogP contribution < -0.4 is 9.62 Å². The first-order valence-corrected chi connectivity index (χ1v) is 12.9. The number of hydrogen-bond acceptors (Lipinski definition) is 5. The van der Waals surface area contributed by atoms with Crippen LogP contribution in [0.3, 0.4) is 0 Å². The first-order chi connectivity index (χ1) is 15.7. The molecule has 2 amide bonds. The first kappa shape index (κ1) is 24.7. The highest BCUT2D eigenvalue weighted by molar-refractivity contribution is 7.92. The van der Waals surface area contributed by atoms with Crippen LogP contribution in [0.4, 0.5) is 5.69 Å². The summed E-state index contributed by atoms with van der Waals surface area (Å²) in [5.41, 5.74) is 3.20. The van der Waals surface area contributed by atoms with Gasteiger partial charge in [-0.15, -0.1) is 0 Å². The molecule has 0 saturated carbocycles. The van der Waals surface area contributed by atoms with E-state index in [2.05, 4.69) is 29.6 Å². The molecular weight excluding hydrogens is 442 g/mol. The van der Waals surface area contributed by atoms with Crippen molar-refractivity contribution in [1.29, 1.82) is 0 Å². The van der Waals surface area contributed by atoms with E-state index in [0.29, 0.717) is 44.1 Å².